The van der Waals surface area contributed by atoms with E-state index in [9.17, 15) is 0 Å². The highest BCUT2D eigenvalue weighted by atomic mass is 15.2. The molecule has 0 N–H and O–H groups in total. The van der Waals surface area contributed by atoms with Crippen LogP contribution < -0.4 is 0 Å². The number of likely N-dealkylation sites (tertiary alicyclic amines) is 1. The highest BCUT2D eigenvalue weighted by Gasteiger charge is 2.37. The Morgan fingerprint density at radius 2 is 1.91 bits per heavy atom. The van der Waals surface area contributed by atoms with E-state index in [0.717, 1.165) is 12.0 Å². The van der Waals surface area contributed by atoms with Crippen molar-refractivity contribution in [3.8, 4) is 0 Å². The van der Waals surface area contributed by atoms with E-state index in [-0.39, 0.29) is 0 Å². The van der Waals surface area contributed by atoms with Crippen molar-refractivity contribution in [2.45, 2.75) is 52.1 Å². The van der Waals surface area contributed by atoms with Gasteiger partial charge in [0.1, 0.15) is 0 Å². The summed E-state index contributed by atoms with van der Waals surface area (Å²) < 4.78 is 0. The minimum atomic E-state index is 0.439. The second kappa shape index (κ2) is 2.78. The van der Waals surface area contributed by atoms with E-state index in [2.05, 4.69) is 39.6 Å². The van der Waals surface area contributed by atoms with Gasteiger partial charge < -0.3 is 0 Å². The van der Waals surface area contributed by atoms with E-state index >= 15 is 0 Å². The first-order chi connectivity index (χ1) is 4.95. The van der Waals surface area contributed by atoms with Crippen LogP contribution >= 0.6 is 0 Å². The summed E-state index contributed by atoms with van der Waals surface area (Å²) in [5.41, 5.74) is 0.439. The van der Waals surface area contributed by atoms with E-state index in [1.165, 1.54) is 12.8 Å². The van der Waals surface area contributed by atoms with Gasteiger partial charge in [-0.25, -0.2) is 0 Å². The smallest absolute Gasteiger partial charge is 0.0153 e. The van der Waals surface area contributed by atoms with Crippen molar-refractivity contribution >= 4 is 0 Å². The maximum Gasteiger partial charge on any atom is 0.0153 e. The number of hydrogen-bond donors (Lipinski definition) is 0. The second-order valence-corrected chi connectivity index (χ2v) is 4.77. The van der Waals surface area contributed by atoms with Crippen molar-refractivity contribution in [2.24, 2.45) is 5.92 Å². The third kappa shape index (κ3) is 1.58. The fourth-order valence-electron chi connectivity index (χ4n) is 2.10. The standard InChI is InChI=1S/C10H21N/c1-8(2)9-6-7-10(3,4)11(9)5/h8-9H,6-7H2,1-5H3/t9-/m0/s1. The molecular weight excluding hydrogens is 134 g/mol. The van der Waals surface area contributed by atoms with Crippen molar-refractivity contribution in [3.63, 3.8) is 0 Å². The van der Waals surface area contributed by atoms with Crippen molar-refractivity contribution in [3.05, 3.63) is 0 Å². The Morgan fingerprint density at radius 3 is 2.09 bits per heavy atom. The van der Waals surface area contributed by atoms with Crippen molar-refractivity contribution in [1.29, 1.82) is 0 Å². The normalized spacial score (nSPS) is 31.6. The molecule has 0 bridgehead atoms. The summed E-state index contributed by atoms with van der Waals surface area (Å²) in [6.45, 7) is 9.33. The summed E-state index contributed by atoms with van der Waals surface area (Å²) in [5.74, 6) is 0.807. The summed E-state index contributed by atoms with van der Waals surface area (Å²) in [6.07, 6.45) is 2.73. The van der Waals surface area contributed by atoms with Crippen molar-refractivity contribution in [2.75, 3.05) is 7.05 Å². The summed E-state index contributed by atoms with van der Waals surface area (Å²) in [6, 6.07) is 0.810. The quantitative estimate of drug-likeness (QED) is 0.562. The molecule has 11 heavy (non-hydrogen) atoms. The molecule has 0 spiro atoms. The Labute approximate surface area is 70.8 Å². The third-order valence-electron chi connectivity index (χ3n) is 3.27. The molecule has 1 atom stereocenters. The van der Waals surface area contributed by atoms with E-state index in [1.54, 1.807) is 0 Å². The molecular formula is C10H21N. The van der Waals surface area contributed by atoms with Crippen LogP contribution in [-0.2, 0) is 0 Å². The lowest BCUT2D eigenvalue weighted by Crippen LogP contribution is -2.41. The third-order valence-corrected chi connectivity index (χ3v) is 3.27. The molecule has 1 fully saturated rings. The molecule has 1 aliphatic rings. The van der Waals surface area contributed by atoms with E-state index in [0.29, 0.717) is 5.54 Å². The molecule has 0 saturated carbocycles. The first-order valence-corrected chi connectivity index (χ1v) is 4.68. The van der Waals surface area contributed by atoms with Gasteiger partial charge in [0.2, 0.25) is 0 Å². The van der Waals surface area contributed by atoms with Crippen molar-refractivity contribution < 1.29 is 0 Å². The second-order valence-electron chi connectivity index (χ2n) is 4.77. The van der Waals surface area contributed by atoms with Crippen LogP contribution in [-0.4, -0.2) is 23.5 Å². The van der Waals surface area contributed by atoms with Crippen LogP contribution in [0.15, 0.2) is 0 Å². The maximum atomic E-state index is 2.54. The van der Waals surface area contributed by atoms with Gasteiger partial charge in [0.05, 0.1) is 0 Å². The van der Waals surface area contributed by atoms with E-state index < -0.39 is 0 Å². The highest BCUT2D eigenvalue weighted by molar-refractivity contribution is 4.93. The number of nitrogens with zero attached hydrogens (tertiary/aromatic N) is 1. The van der Waals surface area contributed by atoms with Gasteiger partial charge in [-0.1, -0.05) is 13.8 Å². The zero-order valence-corrected chi connectivity index (χ0v) is 8.52. The maximum absolute atomic E-state index is 2.54. The largest absolute Gasteiger partial charge is 0.298 e. The lowest BCUT2D eigenvalue weighted by Gasteiger charge is -2.33. The number of rotatable bonds is 1. The zero-order valence-electron chi connectivity index (χ0n) is 8.52. The highest BCUT2D eigenvalue weighted by Crippen LogP contribution is 2.34. The molecule has 0 aromatic carbocycles. The summed E-state index contributed by atoms with van der Waals surface area (Å²) in [7, 11) is 2.26. The minimum absolute atomic E-state index is 0.439. The SMILES string of the molecule is CC(C)[C@@H]1CCC(C)(C)N1C. The molecule has 1 nitrogen and oxygen atoms in total. The van der Waals surface area contributed by atoms with Gasteiger partial charge in [0.25, 0.3) is 0 Å². The van der Waals surface area contributed by atoms with E-state index in [1.807, 2.05) is 0 Å². The zero-order chi connectivity index (χ0) is 8.65. The monoisotopic (exact) mass is 155 g/mol. The molecule has 1 saturated heterocycles. The fraction of sp³-hybridized carbons (Fsp3) is 1.00. The van der Waals surface area contributed by atoms with Crippen molar-refractivity contribution in [1.82, 2.24) is 4.90 Å². The van der Waals surface area contributed by atoms with Gasteiger partial charge in [-0.05, 0) is 39.7 Å². The molecule has 66 valence electrons. The average molecular weight is 155 g/mol. The van der Waals surface area contributed by atoms with Crippen LogP contribution in [0, 0.1) is 5.92 Å². The Bertz CT molecular complexity index is 138. The van der Waals surface area contributed by atoms with Crippen LogP contribution in [0.2, 0.25) is 0 Å². The predicted octanol–water partition coefficient (Wildman–Crippen LogP) is 2.52. The molecule has 1 heterocycles. The van der Waals surface area contributed by atoms with Gasteiger partial charge in [-0.3, -0.25) is 4.90 Å². The van der Waals surface area contributed by atoms with Crippen LogP contribution in [0.25, 0.3) is 0 Å². The summed E-state index contributed by atoms with van der Waals surface area (Å²) >= 11 is 0. The van der Waals surface area contributed by atoms with Gasteiger partial charge in [0.15, 0.2) is 0 Å². The molecule has 1 rings (SSSR count). The van der Waals surface area contributed by atoms with Gasteiger partial charge in [0, 0.05) is 11.6 Å². The molecule has 1 heteroatoms. The van der Waals surface area contributed by atoms with Crippen LogP contribution in [0.1, 0.15) is 40.5 Å². The first-order valence-electron chi connectivity index (χ1n) is 4.68. The molecule has 0 unspecified atom stereocenters. The predicted molar refractivity (Wildman–Crippen MR) is 49.7 cm³/mol. The Balaban J connectivity index is 2.63. The van der Waals surface area contributed by atoms with E-state index in [4.69, 9.17) is 0 Å². The van der Waals surface area contributed by atoms with Gasteiger partial charge >= 0.3 is 0 Å². The molecule has 1 aliphatic heterocycles. The lowest BCUT2D eigenvalue weighted by atomic mass is 10.0. The summed E-state index contributed by atoms with van der Waals surface area (Å²) in [4.78, 5) is 2.54. The van der Waals surface area contributed by atoms with Crippen LogP contribution in [0.3, 0.4) is 0 Å². The minimum Gasteiger partial charge on any atom is -0.298 e. The summed E-state index contributed by atoms with van der Waals surface area (Å²) in [5, 5.41) is 0. The number of hydrogen-bond acceptors (Lipinski definition) is 1. The molecule has 0 aromatic rings. The molecule has 0 radical (unpaired) electrons. The lowest BCUT2D eigenvalue weighted by molar-refractivity contribution is 0.141. The Morgan fingerprint density at radius 1 is 1.36 bits per heavy atom. The molecule has 0 aromatic heterocycles. The topological polar surface area (TPSA) is 3.24 Å². The van der Waals surface area contributed by atoms with Crippen LogP contribution in [0.4, 0.5) is 0 Å². The van der Waals surface area contributed by atoms with Gasteiger partial charge in [-0.2, -0.15) is 0 Å². The molecule has 0 amide bonds. The fourth-order valence-corrected chi connectivity index (χ4v) is 2.10. The van der Waals surface area contributed by atoms with Gasteiger partial charge in [-0.15, -0.1) is 0 Å². The molecule has 0 aliphatic carbocycles. The average Bonchev–Trinajstić information content (AvgIpc) is 2.09. The first kappa shape index (κ1) is 9.05. The van der Waals surface area contributed by atoms with Crippen LogP contribution in [0.5, 0.6) is 0 Å². The Hall–Kier alpha value is -0.0400. The Kier molecular flexibility index (Phi) is 2.29.